The largest absolute Gasteiger partial charge is 0.378 e. The molecule has 9 heteroatoms. The Morgan fingerprint density at radius 1 is 0.969 bits per heavy atom. The fraction of sp³-hybridized carbons (Fsp3) is 0.348. The molecule has 3 aromatic heterocycles. The van der Waals surface area contributed by atoms with Crippen LogP contribution >= 0.6 is 0 Å². The van der Waals surface area contributed by atoms with Crippen LogP contribution in [0.3, 0.4) is 0 Å². The molecule has 4 aromatic rings. The summed E-state index contributed by atoms with van der Waals surface area (Å²) in [5, 5.41) is 13.1. The summed E-state index contributed by atoms with van der Waals surface area (Å²) in [7, 11) is 0. The van der Waals surface area contributed by atoms with Gasteiger partial charge in [-0.2, -0.15) is 20.1 Å². The molecule has 32 heavy (non-hydrogen) atoms. The lowest BCUT2D eigenvalue weighted by atomic mass is 10.1. The minimum absolute atomic E-state index is 0.707. The average molecular weight is 431 g/mol. The lowest BCUT2D eigenvalue weighted by molar-refractivity contribution is 0.122. The zero-order valence-electron chi connectivity index (χ0n) is 18.1. The molecule has 0 spiro atoms. The van der Waals surface area contributed by atoms with Gasteiger partial charge in [0.2, 0.25) is 0 Å². The van der Waals surface area contributed by atoms with Gasteiger partial charge in [-0.05, 0) is 25.5 Å². The summed E-state index contributed by atoms with van der Waals surface area (Å²) in [5.41, 5.74) is 3.23. The molecule has 1 aliphatic heterocycles. The second kappa shape index (κ2) is 9.27. The first kappa shape index (κ1) is 20.3. The maximum Gasteiger partial charge on any atom is 0.159 e. The number of anilines is 1. The van der Waals surface area contributed by atoms with Crippen LogP contribution in [0.25, 0.3) is 17.1 Å². The second-order valence-corrected chi connectivity index (χ2v) is 7.84. The van der Waals surface area contributed by atoms with Gasteiger partial charge in [0.25, 0.3) is 0 Å². The van der Waals surface area contributed by atoms with Crippen molar-refractivity contribution in [1.82, 2.24) is 34.7 Å². The third-order valence-corrected chi connectivity index (χ3v) is 5.44. The van der Waals surface area contributed by atoms with E-state index < -0.39 is 0 Å². The highest BCUT2D eigenvalue weighted by atomic mass is 16.5. The maximum absolute atomic E-state index is 5.52. The molecule has 1 fully saturated rings. The van der Waals surface area contributed by atoms with E-state index in [2.05, 4.69) is 46.3 Å². The third-order valence-electron chi connectivity index (χ3n) is 5.44. The van der Waals surface area contributed by atoms with E-state index in [0.29, 0.717) is 13.2 Å². The lowest BCUT2D eigenvalue weighted by Crippen LogP contribution is -2.37. The minimum atomic E-state index is 0.707. The summed E-state index contributed by atoms with van der Waals surface area (Å²) in [4.78, 5) is 13.6. The summed E-state index contributed by atoms with van der Waals surface area (Å²) in [6, 6.07) is 12.4. The van der Waals surface area contributed by atoms with Crippen molar-refractivity contribution in [1.29, 1.82) is 0 Å². The van der Waals surface area contributed by atoms with Crippen LogP contribution in [-0.4, -0.2) is 61.0 Å². The SMILES string of the molecule is Cc1cccc(-c2ccn(-c3cc(N4CCOCC4)nc(CCCn4nccn4)n3)n2)c1. The number of aryl methyl sites for hydroxylation is 3. The van der Waals surface area contributed by atoms with E-state index in [-0.39, 0.29) is 0 Å². The Bertz CT molecular complexity index is 1160. The lowest BCUT2D eigenvalue weighted by Gasteiger charge is -2.28. The Morgan fingerprint density at radius 3 is 2.59 bits per heavy atom. The molecule has 1 aliphatic rings. The van der Waals surface area contributed by atoms with Crippen molar-refractivity contribution in [2.24, 2.45) is 0 Å². The Kier molecular flexibility index (Phi) is 5.89. The van der Waals surface area contributed by atoms with Crippen molar-refractivity contribution >= 4 is 5.82 Å². The van der Waals surface area contributed by atoms with Gasteiger partial charge in [-0.1, -0.05) is 23.8 Å². The fourth-order valence-corrected chi connectivity index (χ4v) is 3.80. The average Bonchev–Trinajstić information content (AvgIpc) is 3.52. The van der Waals surface area contributed by atoms with Gasteiger partial charge >= 0.3 is 0 Å². The molecule has 0 amide bonds. The molecule has 164 valence electrons. The van der Waals surface area contributed by atoms with E-state index >= 15 is 0 Å². The first-order valence-electron chi connectivity index (χ1n) is 10.9. The number of rotatable bonds is 7. The topological polar surface area (TPSA) is 86.8 Å². The maximum atomic E-state index is 5.52. The van der Waals surface area contributed by atoms with Crippen LogP contribution in [0.5, 0.6) is 0 Å². The fourth-order valence-electron chi connectivity index (χ4n) is 3.80. The summed E-state index contributed by atoms with van der Waals surface area (Å²) < 4.78 is 7.35. The molecule has 0 aliphatic carbocycles. The summed E-state index contributed by atoms with van der Waals surface area (Å²) in [6.45, 7) is 5.87. The smallest absolute Gasteiger partial charge is 0.159 e. The van der Waals surface area contributed by atoms with E-state index in [1.54, 1.807) is 17.2 Å². The van der Waals surface area contributed by atoms with Crippen LogP contribution in [0, 0.1) is 6.92 Å². The minimum Gasteiger partial charge on any atom is -0.378 e. The van der Waals surface area contributed by atoms with Crippen LogP contribution in [0.1, 0.15) is 17.8 Å². The first-order valence-corrected chi connectivity index (χ1v) is 10.9. The van der Waals surface area contributed by atoms with Crippen LogP contribution < -0.4 is 4.90 Å². The van der Waals surface area contributed by atoms with Crippen LogP contribution in [0.2, 0.25) is 0 Å². The van der Waals surface area contributed by atoms with Gasteiger partial charge in [0.1, 0.15) is 11.6 Å². The van der Waals surface area contributed by atoms with E-state index in [9.17, 15) is 0 Å². The van der Waals surface area contributed by atoms with Crippen molar-refractivity contribution in [3.63, 3.8) is 0 Å². The molecular weight excluding hydrogens is 404 g/mol. The van der Waals surface area contributed by atoms with Gasteiger partial charge in [-0.25, -0.2) is 14.6 Å². The molecule has 9 nitrogen and oxygen atoms in total. The molecule has 0 radical (unpaired) electrons. The van der Waals surface area contributed by atoms with Gasteiger partial charge < -0.3 is 9.64 Å². The Balaban J connectivity index is 1.42. The van der Waals surface area contributed by atoms with Gasteiger partial charge in [0.05, 0.1) is 37.8 Å². The van der Waals surface area contributed by atoms with Crippen molar-refractivity contribution < 1.29 is 4.74 Å². The monoisotopic (exact) mass is 430 g/mol. The van der Waals surface area contributed by atoms with E-state index in [1.165, 1.54) is 5.56 Å². The number of ether oxygens (including phenoxy) is 1. The second-order valence-electron chi connectivity index (χ2n) is 7.84. The Morgan fingerprint density at radius 2 is 1.78 bits per heavy atom. The standard InChI is InChI=1S/C23H26N8O/c1-18-4-2-5-19(16-18)20-7-11-30(28-20)23-17-22(29-12-14-32-15-13-29)26-21(27-23)6-3-10-31-24-8-9-25-31/h2,4-5,7-9,11,16-17H,3,6,10,12-15H2,1H3. The van der Waals surface area contributed by atoms with Gasteiger partial charge in [-0.15, -0.1) is 0 Å². The Hall–Kier alpha value is -3.59. The number of benzene rings is 1. The zero-order chi connectivity index (χ0) is 21.8. The molecule has 1 aromatic carbocycles. The molecule has 5 rings (SSSR count). The number of nitrogens with zero attached hydrogens (tertiary/aromatic N) is 8. The van der Waals surface area contributed by atoms with Gasteiger partial charge in [0, 0.05) is 37.3 Å². The quantitative estimate of drug-likeness (QED) is 0.445. The van der Waals surface area contributed by atoms with E-state index in [0.717, 1.165) is 61.2 Å². The summed E-state index contributed by atoms with van der Waals surface area (Å²) in [5.74, 6) is 2.48. The van der Waals surface area contributed by atoms with E-state index in [4.69, 9.17) is 19.8 Å². The molecule has 0 atom stereocenters. The predicted molar refractivity (Wildman–Crippen MR) is 121 cm³/mol. The zero-order valence-corrected chi connectivity index (χ0v) is 18.1. The number of hydrogen-bond donors (Lipinski definition) is 0. The highest BCUT2D eigenvalue weighted by molar-refractivity contribution is 5.60. The van der Waals surface area contributed by atoms with Crippen LogP contribution in [-0.2, 0) is 17.7 Å². The van der Waals surface area contributed by atoms with Crippen LogP contribution in [0.4, 0.5) is 5.82 Å². The van der Waals surface area contributed by atoms with Crippen LogP contribution in [0.15, 0.2) is 55.0 Å². The van der Waals surface area contributed by atoms with Crippen molar-refractivity contribution in [3.05, 3.63) is 66.4 Å². The van der Waals surface area contributed by atoms with Crippen molar-refractivity contribution in [3.8, 4) is 17.1 Å². The van der Waals surface area contributed by atoms with E-state index in [1.807, 2.05) is 23.0 Å². The predicted octanol–water partition coefficient (Wildman–Crippen LogP) is 2.70. The van der Waals surface area contributed by atoms with Gasteiger partial charge in [0.15, 0.2) is 5.82 Å². The number of morpholine rings is 1. The molecule has 0 saturated carbocycles. The Labute approximate surface area is 186 Å². The number of hydrogen-bond acceptors (Lipinski definition) is 7. The molecule has 1 saturated heterocycles. The summed E-state index contributed by atoms with van der Waals surface area (Å²) >= 11 is 0. The molecule has 0 unspecified atom stereocenters. The summed E-state index contributed by atoms with van der Waals surface area (Å²) in [6.07, 6.45) is 6.93. The normalized spacial score (nSPS) is 14.1. The molecule has 4 heterocycles. The first-order chi connectivity index (χ1) is 15.7. The number of aromatic nitrogens is 7. The highest BCUT2D eigenvalue weighted by Crippen LogP contribution is 2.21. The third kappa shape index (κ3) is 4.67. The molecular formula is C23H26N8O. The molecule has 0 bridgehead atoms. The molecule has 0 N–H and O–H groups in total. The van der Waals surface area contributed by atoms with Crippen molar-refractivity contribution in [2.45, 2.75) is 26.3 Å². The van der Waals surface area contributed by atoms with Gasteiger partial charge in [-0.3, -0.25) is 0 Å². The highest BCUT2D eigenvalue weighted by Gasteiger charge is 2.16. The van der Waals surface area contributed by atoms with Crippen molar-refractivity contribution in [2.75, 3.05) is 31.2 Å².